The van der Waals surface area contributed by atoms with Crippen molar-refractivity contribution in [2.45, 2.75) is 149 Å². The first-order valence-electron chi connectivity index (χ1n) is 29.6. The number of unbranched alkanes of at least 4 members (excludes halogenated alkanes) is 12. The number of aliphatic hydroxyl groups is 1. The molecule has 19 heteroatoms. The number of rotatable bonds is 41. The molecule has 5 atom stereocenters. The Morgan fingerprint density at radius 3 is 1.38 bits per heavy atom. The summed E-state index contributed by atoms with van der Waals surface area (Å²) < 4.78 is 82.2. The maximum atomic E-state index is 11.0. The van der Waals surface area contributed by atoms with Gasteiger partial charge in [-0.05, 0) is 84.0 Å². The van der Waals surface area contributed by atoms with E-state index in [1.165, 1.54) is 108 Å². The summed E-state index contributed by atoms with van der Waals surface area (Å²) in [5.41, 5.74) is 7.56. The Morgan fingerprint density at radius 1 is 0.561 bits per heavy atom. The van der Waals surface area contributed by atoms with Crippen molar-refractivity contribution in [3.8, 4) is 23.0 Å². The molecular formula is C63H95BO13S5. The standard InChI is InChI=1S/C33H51BO6S3.C30H44O7S2/c1-33(27-12-14-28(15-13-27)39-25-36-2)24-42-32-23-29(40-26-37-3)16-17-30(32)31(33)11-9-7-5-4-6-8-10-21-43(34-41)22-20-38-19-18-35;1-30(24-13-15-25(16-14-24)35-22-33-2)21-38-29-20-26(36-23-34-3)17-18-27(29)28(30)12-10-8-6-5-7-9-11-19-37-39(4,31)32/h12-17,23,31,35,41H,4-11,18-22,24-26H2,1-3H3;13-18,20,28H,5-12,19,21-23H2,1-4H3/i35T;. The summed E-state index contributed by atoms with van der Waals surface area (Å²) >= 11 is 8.25. The molecule has 2 aliphatic heterocycles. The van der Waals surface area contributed by atoms with Gasteiger partial charge in [0.2, 0.25) is 0 Å². The summed E-state index contributed by atoms with van der Waals surface area (Å²) in [7, 11) is 3.42. The number of hydrogen-bond acceptors (Lipinski definition) is 15. The van der Waals surface area contributed by atoms with Crippen molar-refractivity contribution in [1.82, 2.24) is 0 Å². The topological polar surface area (TPSA) is 147 Å². The number of fused-ring (bicyclic) bond motifs is 2. The number of benzene rings is 4. The van der Waals surface area contributed by atoms with E-state index in [2.05, 4.69) is 104 Å². The van der Waals surface area contributed by atoms with E-state index in [4.69, 9.17) is 48.2 Å². The number of aliphatic hydroxyl groups excluding tert-OH is 1. The van der Waals surface area contributed by atoms with Crippen LogP contribution in [0.25, 0.3) is 0 Å². The Bertz CT molecular complexity index is 2570. The van der Waals surface area contributed by atoms with Gasteiger partial charge in [0, 0.05) is 55.2 Å². The average Bonchev–Trinajstić information content (AvgIpc) is 3.63. The molecule has 5 unspecified atom stereocenters. The van der Waals surface area contributed by atoms with Crippen molar-refractivity contribution < 1.29 is 60.3 Å². The van der Waals surface area contributed by atoms with Crippen LogP contribution in [0, 0.1) is 0 Å². The normalized spacial score (nSPS) is 19.0. The molecule has 0 aromatic heterocycles. The Kier molecular flexibility index (Phi) is 32.6. The number of thiol groups is 1. The van der Waals surface area contributed by atoms with E-state index in [-0.39, 0.29) is 54.9 Å². The molecule has 0 saturated carbocycles. The van der Waals surface area contributed by atoms with Gasteiger partial charge in [0.25, 0.3) is 10.1 Å². The van der Waals surface area contributed by atoms with Crippen LogP contribution < -0.4 is 18.9 Å². The molecule has 0 spiro atoms. The molecule has 0 radical (unpaired) electrons. The summed E-state index contributed by atoms with van der Waals surface area (Å²) in [6.07, 6.45) is 19.9. The quantitative estimate of drug-likeness (QED) is 0.0143. The molecule has 0 saturated heterocycles. The number of ether oxygens (including phenoxy) is 9. The fourth-order valence-corrected chi connectivity index (χ4v) is 16.0. The second-order valence-electron chi connectivity index (χ2n) is 21.6. The van der Waals surface area contributed by atoms with Gasteiger partial charge in [-0.1, -0.05) is 88.8 Å². The van der Waals surface area contributed by atoms with Crippen LogP contribution in [0.3, 0.4) is 0 Å². The number of hydrogen-bond donors (Lipinski definition) is 2. The second kappa shape index (κ2) is 39.1. The van der Waals surface area contributed by atoms with Crippen molar-refractivity contribution in [2.24, 2.45) is 0 Å². The first kappa shape index (κ1) is 68.3. The molecule has 2 aliphatic rings. The first-order chi connectivity index (χ1) is 40.3. The molecule has 4 aromatic rings. The predicted molar refractivity (Wildman–Crippen MR) is 342 cm³/mol. The molecule has 0 amide bonds. The van der Waals surface area contributed by atoms with E-state index in [0.717, 1.165) is 78.6 Å². The molecule has 0 aliphatic carbocycles. The Morgan fingerprint density at radius 2 is 0.963 bits per heavy atom. The third-order valence-electron chi connectivity index (χ3n) is 15.4. The van der Waals surface area contributed by atoms with E-state index in [1.54, 1.807) is 28.4 Å². The van der Waals surface area contributed by atoms with Crippen LogP contribution in [0.1, 0.15) is 151 Å². The van der Waals surface area contributed by atoms with E-state index < -0.39 is 10.1 Å². The summed E-state index contributed by atoms with van der Waals surface area (Å²) in [5, 5.41) is 4.29. The summed E-state index contributed by atoms with van der Waals surface area (Å²) in [6, 6.07) is 30.1. The van der Waals surface area contributed by atoms with Crippen LogP contribution in [-0.2, 0) is 48.8 Å². The number of methoxy groups -OCH3 is 4. The third kappa shape index (κ3) is 23.8. The fourth-order valence-electron chi connectivity index (χ4n) is 10.9. The molecule has 13 nitrogen and oxygen atoms in total. The van der Waals surface area contributed by atoms with Gasteiger partial charge in [0.15, 0.2) is 27.2 Å². The van der Waals surface area contributed by atoms with Gasteiger partial charge in [-0.3, -0.25) is 4.18 Å². The van der Waals surface area contributed by atoms with Gasteiger partial charge in [-0.2, -0.15) is 8.42 Å². The van der Waals surface area contributed by atoms with Crippen molar-refractivity contribution in [2.75, 3.05) is 111 Å². The van der Waals surface area contributed by atoms with Gasteiger partial charge >= 0.3 is 139 Å². The van der Waals surface area contributed by atoms with E-state index in [9.17, 15) is 8.42 Å². The van der Waals surface area contributed by atoms with Gasteiger partial charge in [0.1, 0.15) is 23.0 Å². The third-order valence-corrected chi connectivity index (χ3v) is 21.5. The maximum absolute atomic E-state index is 11.0. The van der Waals surface area contributed by atoms with Gasteiger partial charge < -0.3 is 37.9 Å². The minimum Gasteiger partial charge on any atom is -0.468 e. The van der Waals surface area contributed by atoms with E-state index in [0.29, 0.717) is 31.7 Å². The van der Waals surface area contributed by atoms with Crippen molar-refractivity contribution in [1.29, 1.82) is 1.43 Å². The smallest absolute Gasteiger partial charge is 0.468 e. The van der Waals surface area contributed by atoms with Crippen molar-refractivity contribution in [3.63, 3.8) is 0 Å². The molecular weight excluding hydrogens is 1140 g/mol. The summed E-state index contributed by atoms with van der Waals surface area (Å²) in [6.45, 7) is 7.64. The van der Waals surface area contributed by atoms with Crippen LogP contribution in [0.5, 0.6) is 23.0 Å². The summed E-state index contributed by atoms with van der Waals surface area (Å²) in [4.78, 5) is 2.62. The van der Waals surface area contributed by atoms with E-state index in [1.807, 2.05) is 41.1 Å². The van der Waals surface area contributed by atoms with Crippen molar-refractivity contribution in [3.05, 3.63) is 107 Å². The predicted octanol–water partition coefficient (Wildman–Crippen LogP) is 14.6. The van der Waals surface area contributed by atoms with Gasteiger partial charge in [0.05, 0.1) is 12.9 Å². The van der Waals surface area contributed by atoms with Gasteiger partial charge in [-0.15, -0.1) is 23.5 Å². The summed E-state index contributed by atoms with van der Waals surface area (Å²) in [5.74, 6) is 8.39. The van der Waals surface area contributed by atoms with Crippen molar-refractivity contribution >= 4 is 61.9 Å². The van der Waals surface area contributed by atoms with Crippen LogP contribution >= 0.6 is 46.3 Å². The molecule has 4 aromatic carbocycles. The molecule has 458 valence electrons. The first-order valence-corrected chi connectivity index (χ1v) is 35.1. The minimum atomic E-state index is -3.33. The Labute approximate surface area is 511 Å². The van der Waals surface area contributed by atoms with Crippen LogP contribution in [0.4, 0.5) is 0 Å². The molecule has 0 bridgehead atoms. The van der Waals surface area contributed by atoms with Crippen LogP contribution in [0.2, 0.25) is 0 Å². The molecule has 1 N–H and O–H groups in total. The van der Waals surface area contributed by atoms with Crippen LogP contribution in [0.15, 0.2) is 94.7 Å². The average molecular weight is 1230 g/mol. The van der Waals surface area contributed by atoms with Crippen LogP contribution in [-0.4, -0.2) is 132 Å². The SMILES string of the molecule is COCOc1ccc(C2(C)CSc3cc(OCOC)ccc3C2CCCCCCCCCOS(C)(=O)=O)cc1.[3H]OCCOCCS(=BS)CCCCCCCCCC1c2ccc(OCOC)cc2SCC1(C)c1ccc(OCOC)cc1. The second-order valence-corrected chi connectivity index (χ2v) is 28.0. The minimum absolute atomic E-state index is 0.00797. The molecule has 0 fully saturated rings. The fraction of sp³-hybridized carbons (Fsp3) is 0.619. The zero-order valence-electron chi connectivity index (χ0n) is 51.0. The monoisotopic (exact) mass is 1230 g/mol. The van der Waals surface area contributed by atoms with E-state index >= 15 is 0 Å². The Balaban J connectivity index is 0.000000306. The Hall–Kier alpha value is -2.79. The zero-order chi connectivity index (χ0) is 59.6. The zero-order valence-corrected chi connectivity index (χ0v) is 54.2. The molecule has 6 rings (SSSR count). The van der Waals surface area contributed by atoms with Gasteiger partial charge in [-0.25, -0.2) is 0 Å². The molecule has 82 heavy (non-hydrogen) atoms. The molecule has 2 heterocycles. The number of thioether (sulfide) groups is 2.